The Morgan fingerprint density at radius 3 is 3.00 bits per heavy atom. The first kappa shape index (κ1) is 12.2. The van der Waals surface area contributed by atoms with E-state index in [0.29, 0.717) is 6.61 Å². The molecule has 1 rings (SSSR count). The summed E-state index contributed by atoms with van der Waals surface area (Å²) in [5, 5.41) is 3.32. The molecule has 15 heavy (non-hydrogen) atoms. The third kappa shape index (κ3) is 3.06. The van der Waals surface area contributed by atoms with Crippen molar-refractivity contribution in [3.8, 4) is 0 Å². The van der Waals surface area contributed by atoms with Gasteiger partial charge in [0.15, 0.2) is 0 Å². The highest BCUT2D eigenvalue weighted by Gasteiger charge is 2.38. The number of hydrogen-bond acceptors (Lipinski definition) is 3. The highest BCUT2D eigenvalue weighted by Crippen LogP contribution is 2.35. The third-order valence-corrected chi connectivity index (χ3v) is 3.03. The lowest BCUT2D eigenvalue weighted by Crippen LogP contribution is -2.33. The van der Waals surface area contributed by atoms with Gasteiger partial charge in [0.2, 0.25) is 0 Å². The highest BCUT2D eigenvalue weighted by atomic mass is 16.5. The molecule has 0 aromatic carbocycles. The summed E-state index contributed by atoms with van der Waals surface area (Å²) in [6.45, 7) is 7.96. The van der Waals surface area contributed by atoms with Crippen LogP contribution in [0.1, 0.15) is 32.6 Å². The molecule has 1 atom stereocenters. The first-order valence-electron chi connectivity index (χ1n) is 5.74. The van der Waals surface area contributed by atoms with Crippen LogP contribution in [-0.2, 0) is 9.53 Å². The van der Waals surface area contributed by atoms with Crippen molar-refractivity contribution >= 4 is 5.97 Å². The van der Waals surface area contributed by atoms with Crippen LogP contribution in [0.5, 0.6) is 0 Å². The van der Waals surface area contributed by atoms with E-state index < -0.39 is 0 Å². The zero-order valence-electron chi connectivity index (χ0n) is 9.55. The number of hydrogen-bond donors (Lipinski definition) is 1. The number of carbonyl (C=O) groups excluding carboxylic acids is 1. The quantitative estimate of drug-likeness (QED) is 0.570. The Kier molecular flexibility index (Phi) is 4.82. The molecule has 0 amide bonds. The van der Waals surface area contributed by atoms with Crippen molar-refractivity contribution in [1.29, 1.82) is 0 Å². The molecule has 1 saturated heterocycles. The van der Waals surface area contributed by atoms with E-state index in [4.69, 9.17) is 4.74 Å². The van der Waals surface area contributed by atoms with Gasteiger partial charge in [0.05, 0.1) is 12.0 Å². The van der Waals surface area contributed by atoms with Gasteiger partial charge in [0.25, 0.3) is 0 Å². The minimum absolute atomic E-state index is 0.0476. The molecular weight excluding hydrogens is 190 g/mol. The average molecular weight is 211 g/mol. The summed E-state index contributed by atoms with van der Waals surface area (Å²) in [4.78, 5) is 12.0. The van der Waals surface area contributed by atoms with Crippen LogP contribution < -0.4 is 5.32 Å². The molecule has 1 heterocycles. The van der Waals surface area contributed by atoms with Gasteiger partial charge in [-0.1, -0.05) is 6.08 Å². The normalized spacial score (nSPS) is 26.7. The van der Waals surface area contributed by atoms with Gasteiger partial charge in [-0.3, -0.25) is 4.79 Å². The summed E-state index contributed by atoms with van der Waals surface area (Å²) in [6, 6.07) is 0. The molecule has 1 N–H and O–H groups in total. The van der Waals surface area contributed by atoms with Gasteiger partial charge in [0, 0.05) is 0 Å². The van der Waals surface area contributed by atoms with E-state index in [1.165, 1.54) is 0 Å². The lowest BCUT2D eigenvalue weighted by Gasteiger charge is -2.28. The number of rotatable bonds is 4. The van der Waals surface area contributed by atoms with E-state index in [2.05, 4.69) is 11.9 Å². The maximum absolute atomic E-state index is 12.0. The molecule has 86 valence electrons. The van der Waals surface area contributed by atoms with E-state index in [9.17, 15) is 4.79 Å². The van der Waals surface area contributed by atoms with Crippen LogP contribution >= 0.6 is 0 Å². The van der Waals surface area contributed by atoms with Crippen LogP contribution in [0.15, 0.2) is 12.7 Å². The topological polar surface area (TPSA) is 38.3 Å². The molecular formula is C12H21NO2. The summed E-state index contributed by atoms with van der Waals surface area (Å²) >= 11 is 0. The molecule has 3 heteroatoms. The Morgan fingerprint density at radius 2 is 2.33 bits per heavy atom. The Hall–Kier alpha value is -0.830. The molecule has 1 fully saturated rings. The monoisotopic (exact) mass is 211 g/mol. The van der Waals surface area contributed by atoms with E-state index >= 15 is 0 Å². The van der Waals surface area contributed by atoms with Crippen LogP contribution in [0.2, 0.25) is 0 Å². The maximum Gasteiger partial charge on any atom is 0.312 e. The molecule has 1 unspecified atom stereocenters. The lowest BCUT2D eigenvalue weighted by molar-refractivity contribution is -0.156. The first-order chi connectivity index (χ1) is 7.25. The van der Waals surface area contributed by atoms with Crippen LogP contribution in [0, 0.1) is 5.41 Å². The minimum atomic E-state index is -0.318. The number of carbonyl (C=O) groups is 1. The second-order valence-corrected chi connectivity index (χ2v) is 4.10. The van der Waals surface area contributed by atoms with Gasteiger partial charge in [0.1, 0.15) is 0 Å². The molecule has 1 aliphatic rings. The Bertz CT molecular complexity index is 218. The van der Waals surface area contributed by atoms with Gasteiger partial charge >= 0.3 is 5.97 Å². The zero-order valence-corrected chi connectivity index (χ0v) is 9.55. The number of nitrogens with one attached hydrogen (secondary N) is 1. The van der Waals surface area contributed by atoms with Crippen LogP contribution in [0.4, 0.5) is 0 Å². The fraction of sp³-hybridized carbons (Fsp3) is 0.750. The van der Waals surface area contributed by atoms with Crippen molar-refractivity contribution < 1.29 is 9.53 Å². The molecule has 1 aliphatic heterocycles. The van der Waals surface area contributed by atoms with Crippen molar-refractivity contribution in [2.24, 2.45) is 5.41 Å². The average Bonchev–Trinajstić information content (AvgIpc) is 2.45. The van der Waals surface area contributed by atoms with Gasteiger partial charge in [-0.2, -0.15) is 0 Å². The predicted octanol–water partition coefficient (Wildman–Crippen LogP) is 1.89. The highest BCUT2D eigenvalue weighted by molar-refractivity contribution is 5.77. The Morgan fingerprint density at radius 1 is 1.53 bits per heavy atom. The van der Waals surface area contributed by atoms with Crippen molar-refractivity contribution in [3.63, 3.8) is 0 Å². The number of allylic oxidation sites excluding steroid dienone is 1. The van der Waals surface area contributed by atoms with Crippen molar-refractivity contribution in [2.75, 3.05) is 19.7 Å². The molecule has 0 spiro atoms. The first-order valence-corrected chi connectivity index (χ1v) is 5.74. The molecule has 0 aromatic rings. The van der Waals surface area contributed by atoms with Crippen LogP contribution in [0.3, 0.4) is 0 Å². The summed E-state index contributed by atoms with van der Waals surface area (Å²) in [5.41, 5.74) is -0.318. The summed E-state index contributed by atoms with van der Waals surface area (Å²) in [6.07, 6.45) is 5.37. The van der Waals surface area contributed by atoms with Gasteiger partial charge in [-0.25, -0.2) is 0 Å². The fourth-order valence-corrected chi connectivity index (χ4v) is 2.18. The smallest absolute Gasteiger partial charge is 0.312 e. The summed E-state index contributed by atoms with van der Waals surface area (Å²) in [7, 11) is 0. The molecule has 0 aromatic heterocycles. The van der Waals surface area contributed by atoms with Gasteiger partial charge < -0.3 is 10.1 Å². The molecule has 0 radical (unpaired) electrons. The Labute approximate surface area is 91.9 Å². The summed E-state index contributed by atoms with van der Waals surface area (Å²) in [5.74, 6) is -0.0476. The number of esters is 1. The second kappa shape index (κ2) is 5.91. The van der Waals surface area contributed by atoms with E-state index in [1.807, 2.05) is 13.0 Å². The standard InChI is InChI=1S/C12H21NO2/c1-3-6-12(11(14)15-4-2)7-5-9-13-10-8-12/h3,13H,1,4-10H2,2H3. The predicted molar refractivity (Wildman–Crippen MR) is 60.6 cm³/mol. The van der Waals surface area contributed by atoms with E-state index in [0.717, 1.165) is 38.8 Å². The molecule has 0 aliphatic carbocycles. The van der Waals surface area contributed by atoms with E-state index in [1.54, 1.807) is 0 Å². The minimum Gasteiger partial charge on any atom is -0.466 e. The van der Waals surface area contributed by atoms with Gasteiger partial charge in [-0.15, -0.1) is 6.58 Å². The molecule has 3 nitrogen and oxygen atoms in total. The van der Waals surface area contributed by atoms with Crippen molar-refractivity contribution in [2.45, 2.75) is 32.6 Å². The Balaban J connectivity index is 2.74. The van der Waals surface area contributed by atoms with Crippen molar-refractivity contribution in [1.82, 2.24) is 5.32 Å². The summed E-state index contributed by atoms with van der Waals surface area (Å²) < 4.78 is 5.18. The van der Waals surface area contributed by atoms with Gasteiger partial charge in [-0.05, 0) is 45.7 Å². The van der Waals surface area contributed by atoms with Crippen LogP contribution in [0.25, 0.3) is 0 Å². The third-order valence-electron chi connectivity index (χ3n) is 3.03. The second-order valence-electron chi connectivity index (χ2n) is 4.10. The SMILES string of the molecule is C=CCC1(C(=O)OCC)CCCNCC1. The lowest BCUT2D eigenvalue weighted by atomic mass is 9.78. The molecule has 0 bridgehead atoms. The largest absolute Gasteiger partial charge is 0.466 e. The van der Waals surface area contributed by atoms with Crippen molar-refractivity contribution in [3.05, 3.63) is 12.7 Å². The fourth-order valence-electron chi connectivity index (χ4n) is 2.18. The molecule has 0 saturated carbocycles. The van der Waals surface area contributed by atoms with Crippen LogP contribution in [-0.4, -0.2) is 25.7 Å². The van der Waals surface area contributed by atoms with E-state index in [-0.39, 0.29) is 11.4 Å². The maximum atomic E-state index is 12.0. The number of ether oxygens (including phenoxy) is 1. The zero-order chi connectivity index (χ0) is 11.1.